The lowest BCUT2D eigenvalue weighted by molar-refractivity contribution is -0.145. The lowest BCUT2D eigenvalue weighted by Crippen LogP contribution is -2.27. The fourth-order valence-corrected chi connectivity index (χ4v) is 4.16. The number of unbranched alkanes of at least 4 members (excludes halogenated alkanes) is 1. The number of aromatic nitrogens is 2. The third-order valence-corrected chi connectivity index (χ3v) is 6.16. The van der Waals surface area contributed by atoms with Crippen LogP contribution in [0.5, 0.6) is 5.75 Å². The number of carbonyl (C=O) groups is 1. The summed E-state index contributed by atoms with van der Waals surface area (Å²) >= 11 is 0. The van der Waals surface area contributed by atoms with Crippen molar-refractivity contribution in [2.24, 2.45) is 0 Å². The summed E-state index contributed by atoms with van der Waals surface area (Å²) in [4.78, 5) is 30.0. The number of carboxylic acid groups (broad SMARTS) is 1. The Morgan fingerprint density at radius 3 is 2.33 bits per heavy atom. The highest BCUT2D eigenvalue weighted by molar-refractivity contribution is 5.74. The molecule has 1 N–H and O–H groups in total. The Labute approximate surface area is 210 Å². The highest BCUT2D eigenvalue weighted by atomic mass is 16.5. The van der Waals surface area contributed by atoms with Gasteiger partial charge in [-0.1, -0.05) is 80.1 Å². The average Bonchev–Trinajstić information content (AvgIpc) is 2.89. The minimum absolute atomic E-state index is 0.0688. The molecule has 1 unspecified atom stereocenters. The number of hydrogen-bond acceptors (Lipinski definition) is 4. The summed E-state index contributed by atoms with van der Waals surface area (Å²) in [6.07, 6.45) is 3.26. The average molecular weight is 483 g/mol. The van der Waals surface area contributed by atoms with Crippen molar-refractivity contribution in [1.29, 1.82) is 0 Å². The summed E-state index contributed by atoms with van der Waals surface area (Å²) < 4.78 is 7.52. The Bertz CT molecular complexity index is 1380. The van der Waals surface area contributed by atoms with Gasteiger partial charge in [0.05, 0.1) is 12.1 Å². The maximum absolute atomic E-state index is 13.6. The third kappa shape index (κ3) is 5.71. The molecule has 0 radical (unpaired) electrons. The Balaban J connectivity index is 1.62. The lowest BCUT2D eigenvalue weighted by Gasteiger charge is -2.17. The summed E-state index contributed by atoms with van der Waals surface area (Å²) in [5.74, 6) is 0.145. The number of aryl methyl sites for hydroxylation is 2. The van der Waals surface area contributed by atoms with Gasteiger partial charge in [-0.15, -0.1) is 0 Å². The van der Waals surface area contributed by atoms with E-state index >= 15 is 0 Å². The Hall–Kier alpha value is -4.19. The van der Waals surface area contributed by atoms with Crippen molar-refractivity contribution in [2.45, 2.75) is 45.8 Å². The van der Waals surface area contributed by atoms with Crippen molar-refractivity contribution in [3.63, 3.8) is 0 Å². The second-order valence-corrected chi connectivity index (χ2v) is 8.79. The fraction of sp³-hybridized carbons (Fsp3) is 0.233. The van der Waals surface area contributed by atoms with Gasteiger partial charge in [0.25, 0.3) is 5.56 Å². The lowest BCUT2D eigenvalue weighted by atomic mass is 10.0. The Kier molecular flexibility index (Phi) is 7.95. The molecule has 1 aromatic heterocycles. The number of benzene rings is 3. The van der Waals surface area contributed by atoms with E-state index in [1.54, 1.807) is 47.2 Å². The molecule has 0 aliphatic heterocycles. The molecule has 1 heterocycles. The van der Waals surface area contributed by atoms with Crippen LogP contribution in [0.3, 0.4) is 0 Å². The quantitative estimate of drug-likeness (QED) is 0.308. The number of hydrogen-bond donors (Lipinski definition) is 1. The molecule has 0 saturated carbocycles. The molecule has 6 heteroatoms. The van der Waals surface area contributed by atoms with Crippen LogP contribution >= 0.6 is 0 Å². The van der Waals surface area contributed by atoms with E-state index in [1.165, 1.54) is 0 Å². The summed E-state index contributed by atoms with van der Waals surface area (Å²) in [7, 11) is 0. The van der Waals surface area contributed by atoms with Gasteiger partial charge in [0.2, 0.25) is 6.10 Å². The van der Waals surface area contributed by atoms with Gasteiger partial charge in [0.15, 0.2) is 0 Å². The number of carboxylic acids is 1. The molecule has 0 bridgehead atoms. The first-order valence-corrected chi connectivity index (χ1v) is 12.2. The second-order valence-electron chi connectivity index (χ2n) is 8.79. The number of rotatable bonds is 10. The third-order valence-electron chi connectivity index (χ3n) is 6.16. The topological polar surface area (TPSA) is 81.4 Å². The fourth-order valence-electron chi connectivity index (χ4n) is 4.16. The summed E-state index contributed by atoms with van der Waals surface area (Å²) in [5, 5.41) is 9.64. The van der Waals surface area contributed by atoms with Gasteiger partial charge in [-0.05, 0) is 42.2 Å². The van der Waals surface area contributed by atoms with E-state index in [4.69, 9.17) is 4.74 Å². The zero-order valence-corrected chi connectivity index (χ0v) is 20.6. The van der Waals surface area contributed by atoms with E-state index < -0.39 is 12.1 Å². The molecule has 6 nitrogen and oxygen atoms in total. The van der Waals surface area contributed by atoms with E-state index in [2.05, 4.69) is 11.9 Å². The second kappa shape index (κ2) is 11.5. The van der Waals surface area contributed by atoms with E-state index in [0.29, 0.717) is 23.4 Å². The van der Waals surface area contributed by atoms with Crippen molar-refractivity contribution < 1.29 is 14.6 Å². The first kappa shape index (κ1) is 24.9. The molecule has 3 aromatic carbocycles. The molecule has 1 atom stereocenters. The predicted molar refractivity (Wildman–Crippen MR) is 140 cm³/mol. The molecule has 0 spiro atoms. The van der Waals surface area contributed by atoms with Crippen LogP contribution in [-0.2, 0) is 17.8 Å². The van der Waals surface area contributed by atoms with Gasteiger partial charge in [-0.25, -0.2) is 9.78 Å². The van der Waals surface area contributed by atoms with Crippen LogP contribution in [0.2, 0.25) is 0 Å². The summed E-state index contributed by atoms with van der Waals surface area (Å²) in [6, 6.07) is 23.9. The largest absolute Gasteiger partial charge is 0.478 e. The van der Waals surface area contributed by atoms with Crippen LogP contribution in [0.4, 0.5) is 0 Å². The van der Waals surface area contributed by atoms with Crippen molar-refractivity contribution in [3.8, 4) is 16.9 Å². The van der Waals surface area contributed by atoms with Gasteiger partial charge in [-0.3, -0.25) is 9.36 Å². The SMILES string of the molecule is CCCCc1ncc(-c2ccccc2C)c(=O)n1Cc1ccc(OC(C(=O)O)c2ccccc2)cc1. The van der Waals surface area contributed by atoms with Crippen molar-refractivity contribution in [2.75, 3.05) is 0 Å². The molecular formula is C30H30N2O4. The molecule has 4 rings (SSSR count). The van der Waals surface area contributed by atoms with Crippen molar-refractivity contribution in [1.82, 2.24) is 9.55 Å². The highest BCUT2D eigenvalue weighted by Gasteiger charge is 2.21. The van der Waals surface area contributed by atoms with Gasteiger partial charge in [-0.2, -0.15) is 0 Å². The van der Waals surface area contributed by atoms with Gasteiger partial charge in [0, 0.05) is 18.2 Å². The molecular weight excluding hydrogens is 452 g/mol. The first-order chi connectivity index (χ1) is 17.5. The van der Waals surface area contributed by atoms with Crippen molar-refractivity contribution >= 4 is 5.97 Å². The molecule has 0 aliphatic carbocycles. The first-order valence-electron chi connectivity index (χ1n) is 12.2. The van der Waals surface area contributed by atoms with Crippen LogP contribution < -0.4 is 10.3 Å². The molecule has 0 saturated heterocycles. The van der Waals surface area contributed by atoms with Crippen LogP contribution in [-0.4, -0.2) is 20.6 Å². The molecule has 0 aliphatic rings. The molecule has 4 aromatic rings. The molecule has 0 amide bonds. The normalized spacial score (nSPS) is 11.7. The summed E-state index contributed by atoms with van der Waals surface area (Å²) in [6.45, 7) is 4.47. The zero-order valence-electron chi connectivity index (χ0n) is 20.6. The van der Waals surface area contributed by atoms with Crippen LogP contribution in [0.25, 0.3) is 11.1 Å². The zero-order chi connectivity index (χ0) is 25.5. The van der Waals surface area contributed by atoms with Crippen LogP contribution in [0, 0.1) is 6.92 Å². The standard InChI is InChI=1S/C30H30N2O4/c1-3-4-14-27-31-19-26(25-13-9-8-10-21(25)2)29(33)32(27)20-22-15-17-24(18-16-22)36-28(30(34)35)23-11-6-5-7-12-23/h5-13,15-19,28H,3-4,14,20H2,1-2H3,(H,34,35). The molecule has 0 fully saturated rings. The Morgan fingerprint density at radius 2 is 1.67 bits per heavy atom. The minimum Gasteiger partial charge on any atom is -0.478 e. The monoisotopic (exact) mass is 482 g/mol. The molecule has 184 valence electrons. The predicted octanol–water partition coefficient (Wildman–Crippen LogP) is 5.81. The van der Waals surface area contributed by atoms with E-state index in [1.807, 2.05) is 49.4 Å². The van der Waals surface area contributed by atoms with Crippen LogP contribution in [0.1, 0.15) is 48.4 Å². The van der Waals surface area contributed by atoms with Crippen LogP contribution in [0.15, 0.2) is 89.9 Å². The van der Waals surface area contributed by atoms with Crippen molar-refractivity contribution in [3.05, 3.63) is 118 Å². The maximum Gasteiger partial charge on any atom is 0.349 e. The van der Waals surface area contributed by atoms with E-state index in [9.17, 15) is 14.7 Å². The number of nitrogens with zero attached hydrogens (tertiary/aromatic N) is 2. The number of ether oxygens (including phenoxy) is 1. The number of aliphatic carboxylic acids is 1. The van der Waals surface area contributed by atoms with Gasteiger partial charge >= 0.3 is 5.97 Å². The van der Waals surface area contributed by atoms with Gasteiger partial charge < -0.3 is 9.84 Å². The van der Waals surface area contributed by atoms with Gasteiger partial charge in [0.1, 0.15) is 11.6 Å². The smallest absolute Gasteiger partial charge is 0.349 e. The highest BCUT2D eigenvalue weighted by Crippen LogP contribution is 2.24. The Morgan fingerprint density at radius 1 is 0.972 bits per heavy atom. The van der Waals surface area contributed by atoms with E-state index in [-0.39, 0.29) is 5.56 Å². The minimum atomic E-state index is -1.10. The van der Waals surface area contributed by atoms with E-state index in [0.717, 1.165) is 41.8 Å². The maximum atomic E-state index is 13.6. The summed E-state index contributed by atoms with van der Waals surface area (Å²) in [5.41, 5.74) is 3.89. The molecule has 36 heavy (non-hydrogen) atoms.